The van der Waals surface area contributed by atoms with Crippen LogP contribution in [0, 0.1) is 0 Å². The first kappa shape index (κ1) is 15.9. The summed E-state index contributed by atoms with van der Waals surface area (Å²) in [6.07, 6.45) is 4.12. The Hall–Kier alpha value is -1.06. The highest BCUT2D eigenvalue weighted by Gasteiger charge is 2.11. The molecule has 0 aromatic rings. The lowest BCUT2D eigenvalue weighted by molar-refractivity contribution is -0.158. The second-order valence-electron chi connectivity index (χ2n) is 4.19. The van der Waals surface area contributed by atoms with E-state index in [9.17, 15) is 9.59 Å². The van der Waals surface area contributed by atoms with Gasteiger partial charge in [0.2, 0.25) is 0 Å². The molecule has 17 heavy (non-hydrogen) atoms. The van der Waals surface area contributed by atoms with Gasteiger partial charge in [-0.05, 0) is 19.8 Å². The Kier molecular flexibility index (Phi) is 9.49. The lowest BCUT2D eigenvalue weighted by Crippen LogP contribution is -2.22. The fraction of sp³-hybridized carbons (Fsp3) is 0.846. The highest BCUT2D eigenvalue weighted by Crippen LogP contribution is 2.02. The van der Waals surface area contributed by atoms with Crippen LogP contribution in [0.1, 0.15) is 59.3 Å². The molecule has 0 radical (unpaired) electrons. The first-order chi connectivity index (χ1) is 8.10. The van der Waals surface area contributed by atoms with Crippen molar-refractivity contribution in [1.29, 1.82) is 0 Å². The predicted molar refractivity (Wildman–Crippen MR) is 65.6 cm³/mol. The van der Waals surface area contributed by atoms with Crippen LogP contribution in [0.15, 0.2) is 0 Å². The van der Waals surface area contributed by atoms with Crippen LogP contribution in [0.4, 0.5) is 0 Å². The number of rotatable bonds is 9. The Bertz CT molecular complexity index is 225. The molecule has 0 aliphatic rings. The number of ether oxygens (including phenoxy) is 2. The summed E-state index contributed by atoms with van der Waals surface area (Å²) in [5, 5.41) is 0. The summed E-state index contributed by atoms with van der Waals surface area (Å²) in [6, 6.07) is 0. The number of carbonyl (C=O) groups is 2. The summed E-state index contributed by atoms with van der Waals surface area (Å²) in [7, 11) is 0. The average Bonchev–Trinajstić information content (AvgIpc) is 2.31. The zero-order valence-corrected chi connectivity index (χ0v) is 11.2. The summed E-state index contributed by atoms with van der Waals surface area (Å²) in [4.78, 5) is 22.5. The predicted octanol–water partition coefficient (Wildman–Crippen LogP) is 2.84. The number of hydrogen-bond donors (Lipinski definition) is 0. The van der Waals surface area contributed by atoms with Crippen molar-refractivity contribution in [2.45, 2.75) is 65.4 Å². The third kappa shape index (κ3) is 9.85. The minimum absolute atomic E-state index is 0.153. The molecule has 0 saturated heterocycles. The van der Waals surface area contributed by atoms with E-state index in [1.165, 1.54) is 0 Å². The zero-order valence-electron chi connectivity index (χ0n) is 11.2. The van der Waals surface area contributed by atoms with Crippen molar-refractivity contribution in [3.05, 3.63) is 0 Å². The lowest BCUT2D eigenvalue weighted by Gasteiger charge is -2.13. The van der Waals surface area contributed by atoms with Gasteiger partial charge in [0.15, 0.2) is 0 Å². The van der Waals surface area contributed by atoms with Crippen molar-refractivity contribution < 1.29 is 19.1 Å². The van der Waals surface area contributed by atoms with Crippen LogP contribution in [0.2, 0.25) is 0 Å². The van der Waals surface area contributed by atoms with E-state index in [2.05, 4.69) is 0 Å². The van der Waals surface area contributed by atoms with Crippen LogP contribution >= 0.6 is 0 Å². The normalized spacial score (nSPS) is 11.9. The molecule has 0 fully saturated rings. The van der Waals surface area contributed by atoms with E-state index in [0.717, 1.165) is 25.7 Å². The van der Waals surface area contributed by atoms with E-state index < -0.39 is 0 Å². The maximum absolute atomic E-state index is 11.3. The van der Waals surface area contributed by atoms with Crippen molar-refractivity contribution in [3.63, 3.8) is 0 Å². The van der Waals surface area contributed by atoms with Crippen LogP contribution in [-0.4, -0.2) is 24.6 Å². The highest BCUT2D eigenvalue weighted by atomic mass is 16.6. The van der Waals surface area contributed by atoms with E-state index in [1.54, 1.807) is 6.92 Å². The molecule has 0 heterocycles. The monoisotopic (exact) mass is 244 g/mol. The van der Waals surface area contributed by atoms with E-state index in [0.29, 0.717) is 12.8 Å². The van der Waals surface area contributed by atoms with E-state index in [1.807, 2.05) is 13.8 Å². The Labute approximate surface area is 104 Å². The van der Waals surface area contributed by atoms with Crippen LogP contribution < -0.4 is 0 Å². The molecule has 0 rings (SSSR count). The smallest absolute Gasteiger partial charge is 0.306 e. The number of hydrogen-bond acceptors (Lipinski definition) is 4. The van der Waals surface area contributed by atoms with Gasteiger partial charge in [-0.2, -0.15) is 0 Å². The van der Waals surface area contributed by atoms with Gasteiger partial charge >= 0.3 is 11.9 Å². The molecule has 100 valence electrons. The highest BCUT2D eigenvalue weighted by molar-refractivity contribution is 5.70. The molecule has 0 unspecified atom stereocenters. The third-order valence-electron chi connectivity index (χ3n) is 2.28. The van der Waals surface area contributed by atoms with Crippen molar-refractivity contribution in [2.24, 2.45) is 0 Å². The molecule has 0 saturated carbocycles. The summed E-state index contributed by atoms with van der Waals surface area (Å²) < 4.78 is 10.1. The number of unbranched alkanes of at least 4 members (excludes halogenated alkanes) is 2. The molecule has 0 aromatic heterocycles. The molecule has 0 amide bonds. The second-order valence-corrected chi connectivity index (χ2v) is 4.19. The van der Waals surface area contributed by atoms with Crippen molar-refractivity contribution in [3.8, 4) is 0 Å². The van der Waals surface area contributed by atoms with Gasteiger partial charge in [0.25, 0.3) is 0 Å². The van der Waals surface area contributed by atoms with Crippen LogP contribution in [0.5, 0.6) is 0 Å². The molecule has 0 aliphatic heterocycles. The Morgan fingerprint density at radius 1 is 1.00 bits per heavy atom. The Balaban J connectivity index is 3.60. The first-order valence-corrected chi connectivity index (χ1v) is 6.45. The molecule has 4 nitrogen and oxygen atoms in total. The molecule has 1 atom stereocenters. The topological polar surface area (TPSA) is 52.6 Å². The van der Waals surface area contributed by atoms with E-state index >= 15 is 0 Å². The van der Waals surface area contributed by atoms with Crippen molar-refractivity contribution >= 4 is 11.9 Å². The van der Waals surface area contributed by atoms with Crippen LogP contribution in [0.25, 0.3) is 0 Å². The molecule has 0 aliphatic carbocycles. The fourth-order valence-corrected chi connectivity index (χ4v) is 1.24. The van der Waals surface area contributed by atoms with Gasteiger partial charge in [0, 0.05) is 12.8 Å². The maximum Gasteiger partial charge on any atom is 0.306 e. The van der Waals surface area contributed by atoms with Gasteiger partial charge in [-0.1, -0.05) is 26.7 Å². The Morgan fingerprint density at radius 3 is 2.06 bits per heavy atom. The van der Waals surface area contributed by atoms with Gasteiger partial charge in [-0.15, -0.1) is 0 Å². The number of esters is 2. The van der Waals surface area contributed by atoms with Crippen LogP contribution in [0.3, 0.4) is 0 Å². The van der Waals surface area contributed by atoms with Gasteiger partial charge in [0.1, 0.15) is 12.7 Å². The molecule has 0 N–H and O–H groups in total. The quantitative estimate of drug-likeness (QED) is 0.585. The Morgan fingerprint density at radius 2 is 1.53 bits per heavy atom. The fourth-order valence-electron chi connectivity index (χ4n) is 1.24. The second kappa shape index (κ2) is 10.1. The molecule has 4 heteroatoms. The molecule has 0 bridgehead atoms. The van der Waals surface area contributed by atoms with Crippen molar-refractivity contribution in [2.75, 3.05) is 6.61 Å². The van der Waals surface area contributed by atoms with E-state index in [4.69, 9.17) is 9.47 Å². The minimum atomic E-state index is -0.357. The lowest BCUT2D eigenvalue weighted by atomic mass is 10.2. The first-order valence-electron chi connectivity index (χ1n) is 6.45. The van der Waals surface area contributed by atoms with Gasteiger partial charge < -0.3 is 9.47 Å². The summed E-state index contributed by atoms with van der Waals surface area (Å²) in [5.74, 6) is -0.438. The molecule has 0 aromatic carbocycles. The SMILES string of the molecule is CCCCC(=O)OC[C@H](C)OC(=O)CCCC. The molecule has 0 spiro atoms. The van der Waals surface area contributed by atoms with Crippen molar-refractivity contribution in [1.82, 2.24) is 0 Å². The summed E-state index contributed by atoms with van der Waals surface area (Å²) in [6.45, 7) is 5.93. The molecular weight excluding hydrogens is 220 g/mol. The minimum Gasteiger partial charge on any atom is -0.462 e. The molecular formula is C13H24O4. The maximum atomic E-state index is 11.3. The summed E-state index contributed by atoms with van der Waals surface area (Å²) in [5.41, 5.74) is 0. The average molecular weight is 244 g/mol. The summed E-state index contributed by atoms with van der Waals surface area (Å²) >= 11 is 0. The zero-order chi connectivity index (χ0) is 13.1. The van der Waals surface area contributed by atoms with Crippen LogP contribution in [-0.2, 0) is 19.1 Å². The third-order valence-corrected chi connectivity index (χ3v) is 2.28. The largest absolute Gasteiger partial charge is 0.462 e. The van der Waals surface area contributed by atoms with Gasteiger partial charge in [-0.3, -0.25) is 9.59 Å². The number of carbonyl (C=O) groups excluding carboxylic acids is 2. The van der Waals surface area contributed by atoms with Gasteiger partial charge in [0.05, 0.1) is 0 Å². The van der Waals surface area contributed by atoms with Gasteiger partial charge in [-0.25, -0.2) is 0 Å². The van der Waals surface area contributed by atoms with E-state index in [-0.39, 0.29) is 24.6 Å². The standard InChI is InChI=1S/C13H24O4/c1-4-6-8-12(14)16-10-11(3)17-13(15)9-7-5-2/h11H,4-10H2,1-3H3/t11-/m0/s1.